The molecule has 2 amide bonds. The minimum Gasteiger partial charge on any atom is -0.496 e. The van der Waals surface area contributed by atoms with Crippen molar-refractivity contribution in [2.24, 2.45) is 11.8 Å². The highest BCUT2D eigenvalue weighted by molar-refractivity contribution is 7.99. The van der Waals surface area contributed by atoms with Crippen LogP contribution in [0.25, 0.3) is 0 Å². The molecule has 0 aliphatic carbocycles. The smallest absolute Gasteiger partial charge is 0.327 e. The van der Waals surface area contributed by atoms with Crippen molar-refractivity contribution in [3.63, 3.8) is 0 Å². The zero-order valence-corrected chi connectivity index (χ0v) is 20.1. The minimum absolute atomic E-state index is 0.187. The van der Waals surface area contributed by atoms with E-state index in [9.17, 15) is 14.4 Å². The van der Waals surface area contributed by atoms with Gasteiger partial charge in [-0.1, -0.05) is 13.0 Å². The van der Waals surface area contributed by atoms with Crippen LogP contribution in [0.1, 0.15) is 51.1 Å². The molecular weight excluding hydrogens is 428 g/mol. The molecule has 3 aliphatic rings. The number of carbonyl (C=O) groups is 3. The van der Waals surface area contributed by atoms with Gasteiger partial charge in [-0.15, -0.1) is 11.8 Å². The van der Waals surface area contributed by atoms with Crippen molar-refractivity contribution in [2.45, 2.75) is 56.0 Å². The fraction of sp³-hybridized carbons (Fsp3) is 0.625. The molecular formula is C24H32N2O5S. The molecule has 4 atom stereocenters. The van der Waals surface area contributed by atoms with Crippen LogP contribution in [0.5, 0.6) is 5.75 Å². The summed E-state index contributed by atoms with van der Waals surface area (Å²) in [6.07, 6.45) is 3.32. The van der Waals surface area contributed by atoms with Gasteiger partial charge in [0.25, 0.3) is 0 Å². The average Bonchev–Trinajstić information content (AvgIpc) is 3.27. The van der Waals surface area contributed by atoms with Crippen LogP contribution < -0.4 is 4.74 Å². The number of hydrogen-bond donors (Lipinski definition) is 0. The maximum atomic E-state index is 13.5. The van der Waals surface area contributed by atoms with Gasteiger partial charge in [-0.05, 0) is 62.6 Å². The third kappa shape index (κ3) is 3.25. The van der Waals surface area contributed by atoms with Crippen LogP contribution in [0.3, 0.4) is 0 Å². The predicted octanol–water partition coefficient (Wildman–Crippen LogP) is 3.27. The summed E-state index contributed by atoms with van der Waals surface area (Å²) in [5.74, 6) is -0.408. The number of likely N-dealkylation sites (tertiary alicyclic amines) is 1. The third-order valence-corrected chi connectivity index (χ3v) is 8.46. The number of carbonyl (C=O) groups excluding carboxylic acids is 3. The number of piperidine rings is 1. The molecule has 174 valence electrons. The molecule has 0 saturated carbocycles. The van der Waals surface area contributed by atoms with E-state index in [4.69, 9.17) is 9.47 Å². The monoisotopic (exact) mass is 460 g/mol. The zero-order chi connectivity index (χ0) is 23.0. The third-order valence-electron chi connectivity index (χ3n) is 7.20. The molecule has 0 bridgehead atoms. The topological polar surface area (TPSA) is 76.2 Å². The van der Waals surface area contributed by atoms with Crippen molar-refractivity contribution >= 4 is 29.5 Å². The van der Waals surface area contributed by atoms with Crippen LogP contribution in [0.2, 0.25) is 0 Å². The minimum atomic E-state index is -1.10. The highest BCUT2D eigenvalue weighted by Gasteiger charge is 2.72. The number of fused-ring (bicyclic) bond motifs is 3. The van der Waals surface area contributed by atoms with E-state index in [-0.39, 0.29) is 17.9 Å². The van der Waals surface area contributed by atoms with Crippen LogP contribution in [-0.2, 0) is 19.1 Å². The number of amides is 2. The van der Waals surface area contributed by atoms with Crippen LogP contribution in [-0.4, -0.2) is 66.2 Å². The number of imide groups is 1. The Morgan fingerprint density at radius 3 is 2.62 bits per heavy atom. The molecule has 0 aromatic heterocycles. The Bertz CT molecular complexity index is 922. The molecule has 0 radical (unpaired) electrons. The lowest BCUT2D eigenvalue weighted by atomic mass is 9.75. The van der Waals surface area contributed by atoms with Gasteiger partial charge in [0.1, 0.15) is 11.3 Å². The maximum Gasteiger partial charge on any atom is 0.327 e. The molecule has 3 unspecified atom stereocenters. The molecule has 3 fully saturated rings. The second-order valence-corrected chi connectivity index (χ2v) is 9.83. The quantitative estimate of drug-likeness (QED) is 0.351. The lowest BCUT2D eigenvalue weighted by Gasteiger charge is -2.44. The lowest BCUT2D eigenvalue weighted by molar-refractivity contribution is -0.164. The number of esters is 1. The van der Waals surface area contributed by atoms with Crippen LogP contribution in [0, 0.1) is 11.8 Å². The second-order valence-electron chi connectivity index (χ2n) is 8.69. The number of hydrogen-bond acceptors (Lipinski definition) is 7. The Labute approximate surface area is 193 Å². The van der Waals surface area contributed by atoms with Gasteiger partial charge in [-0.3, -0.25) is 24.2 Å². The van der Waals surface area contributed by atoms with E-state index in [1.165, 1.54) is 12.0 Å². The van der Waals surface area contributed by atoms with Crippen molar-refractivity contribution < 1.29 is 23.9 Å². The Hall–Kier alpha value is -2.06. The van der Waals surface area contributed by atoms with E-state index >= 15 is 0 Å². The molecule has 1 aromatic carbocycles. The number of thioether (sulfide) groups is 1. The first kappa shape index (κ1) is 23.1. The van der Waals surface area contributed by atoms with E-state index in [1.807, 2.05) is 18.2 Å². The Morgan fingerprint density at radius 1 is 1.19 bits per heavy atom. The summed E-state index contributed by atoms with van der Waals surface area (Å²) in [6, 6.07) is 5.67. The fourth-order valence-electron chi connectivity index (χ4n) is 5.93. The average molecular weight is 461 g/mol. The van der Waals surface area contributed by atoms with Crippen LogP contribution in [0.15, 0.2) is 23.1 Å². The molecule has 4 rings (SSSR count). The van der Waals surface area contributed by atoms with Crippen molar-refractivity contribution in [2.75, 3.05) is 33.1 Å². The van der Waals surface area contributed by atoms with Gasteiger partial charge in [-0.2, -0.15) is 0 Å². The first-order chi connectivity index (χ1) is 15.5. The first-order valence-electron chi connectivity index (χ1n) is 11.5. The van der Waals surface area contributed by atoms with Crippen LogP contribution in [0.4, 0.5) is 0 Å². The van der Waals surface area contributed by atoms with E-state index in [0.717, 1.165) is 41.2 Å². The van der Waals surface area contributed by atoms with E-state index < -0.39 is 23.3 Å². The van der Waals surface area contributed by atoms with Gasteiger partial charge in [0.15, 0.2) is 0 Å². The van der Waals surface area contributed by atoms with Gasteiger partial charge in [0.05, 0.1) is 26.1 Å². The Balaban J connectivity index is 1.85. The highest BCUT2D eigenvalue weighted by Crippen LogP contribution is 2.58. The van der Waals surface area contributed by atoms with Gasteiger partial charge >= 0.3 is 5.97 Å². The van der Waals surface area contributed by atoms with E-state index in [2.05, 4.69) is 11.8 Å². The molecule has 3 heterocycles. The van der Waals surface area contributed by atoms with Gasteiger partial charge in [0, 0.05) is 17.5 Å². The molecule has 32 heavy (non-hydrogen) atoms. The summed E-state index contributed by atoms with van der Waals surface area (Å²) in [5.41, 5.74) is -0.188. The summed E-state index contributed by atoms with van der Waals surface area (Å²) in [5, 5.41) is 0. The molecule has 7 nitrogen and oxygen atoms in total. The number of nitrogens with zero attached hydrogens (tertiary/aromatic N) is 2. The summed E-state index contributed by atoms with van der Waals surface area (Å²) in [6.45, 7) is 4.90. The second kappa shape index (κ2) is 9.06. The van der Waals surface area contributed by atoms with Gasteiger partial charge in [0.2, 0.25) is 11.8 Å². The zero-order valence-electron chi connectivity index (χ0n) is 19.3. The van der Waals surface area contributed by atoms with Gasteiger partial charge < -0.3 is 9.47 Å². The van der Waals surface area contributed by atoms with Gasteiger partial charge in [-0.25, -0.2) is 0 Å². The summed E-state index contributed by atoms with van der Waals surface area (Å²) in [4.78, 5) is 44.6. The molecule has 8 heteroatoms. The van der Waals surface area contributed by atoms with E-state index in [1.54, 1.807) is 25.8 Å². The molecule has 3 aliphatic heterocycles. The number of methoxy groups -OCH3 is 2. The van der Waals surface area contributed by atoms with Crippen molar-refractivity contribution in [1.82, 2.24) is 9.80 Å². The maximum absolute atomic E-state index is 13.5. The predicted molar refractivity (Wildman–Crippen MR) is 121 cm³/mol. The number of benzene rings is 1. The molecule has 0 spiro atoms. The highest BCUT2D eigenvalue weighted by atomic mass is 32.2. The summed E-state index contributed by atoms with van der Waals surface area (Å²) >= 11 is 1.74. The summed E-state index contributed by atoms with van der Waals surface area (Å²) < 4.78 is 10.9. The number of ether oxygens (including phenoxy) is 2. The Kier molecular flexibility index (Phi) is 6.54. The summed E-state index contributed by atoms with van der Waals surface area (Å²) in [7, 11) is 3.02. The van der Waals surface area contributed by atoms with Crippen LogP contribution >= 0.6 is 11.8 Å². The van der Waals surface area contributed by atoms with Crippen molar-refractivity contribution in [3.8, 4) is 5.75 Å². The lowest BCUT2D eigenvalue weighted by Crippen LogP contribution is -2.59. The Morgan fingerprint density at radius 2 is 1.97 bits per heavy atom. The van der Waals surface area contributed by atoms with Crippen molar-refractivity contribution in [3.05, 3.63) is 23.8 Å². The normalized spacial score (nSPS) is 29.8. The van der Waals surface area contributed by atoms with Crippen molar-refractivity contribution in [1.29, 1.82) is 0 Å². The molecule has 3 saturated heterocycles. The van der Waals surface area contributed by atoms with E-state index in [0.29, 0.717) is 19.5 Å². The molecule has 1 aromatic rings. The number of rotatable bonds is 7. The SMILES string of the molecule is CCCSc1ccc(C2C3C(=O)N(CC)C(=O)C3[C@]3(C(=O)OC)CCCCN23)cc1OC. The standard InChI is InChI=1S/C24H32N2O5S/c1-5-13-32-17-10-9-15(14-16(17)30-3)20-18-19(22(28)25(6-2)21(18)27)24(23(29)31-4)11-7-8-12-26(20)24/h9-10,14,18-20H,5-8,11-13H2,1-4H3/t18?,19?,20?,24-/m0/s1. The first-order valence-corrected chi connectivity index (χ1v) is 12.5. The fourth-order valence-corrected chi connectivity index (χ4v) is 6.80. The largest absolute Gasteiger partial charge is 0.496 e. The molecule has 0 N–H and O–H groups in total.